The first-order valence-corrected chi connectivity index (χ1v) is 7.89. The van der Waals surface area contributed by atoms with Gasteiger partial charge in [-0.2, -0.15) is 0 Å². The van der Waals surface area contributed by atoms with Crippen molar-refractivity contribution in [3.05, 3.63) is 33.9 Å². The number of nitro benzene ring substituents is 1. The van der Waals surface area contributed by atoms with Gasteiger partial charge in [0.15, 0.2) is 0 Å². The molecule has 0 aromatic heterocycles. The van der Waals surface area contributed by atoms with Crippen molar-refractivity contribution in [2.75, 3.05) is 24.5 Å². The van der Waals surface area contributed by atoms with Gasteiger partial charge in [0.25, 0.3) is 5.69 Å². The van der Waals surface area contributed by atoms with Crippen molar-refractivity contribution in [2.45, 2.75) is 38.6 Å². The highest BCUT2D eigenvalue weighted by atomic mass is 16.6. The average Bonchev–Trinajstić information content (AvgIpc) is 3.01. The Hall–Kier alpha value is -1.62. The molecule has 2 heterocycles. The van der Waals surface area contributed by atoms with Crippen LogP contribution in [-0.2, 0) is 0 Å². The van der Waals surface area contributed by atoms with Crippen molar-refractivity contribution in [1.29, 1.82) is 0 Å². The molecule has 0 radical (unpaired) electrons. The fraction of sp³-hybridized carbons (Fsp3) is 0.625. The molecule has 2 aliphatic heterocycles. The van der Waals surface area contributed by atoms with Crippen molar-refractivity contribution in [2.24, 2.45) is 5.92 Å². The SMILES string of the molecule is Cc1cccc(N2CCCC(C3CCCN3)C2)c1[N+](=O)[O-]. The van der Waals surface area contributed by atoms with Crippen LogP contribution < -0.4 is 10.2 Å². The van der Waals surface area contributed by atoms with Gasteiger partial charge in [0, 0.05) is 24.7 Å². The van der Waals surface area contributed by atoms with Crippen LogP contribution in [-0.4, -0.2) is 30.6 Å². The Balaban J connectivity index is 1.83. The molecule has 3 rings (SSSR count). The van der Waals surface area contributed by atoms with Gasteiger partial charge in [0.05, 0.1) is 4.92 Å². The van der Waals surface area contributed by atoms with Crippen LogP contribution in [0.1, 0.15) is 31.2 Å². The van der Waals surface area contributed by atoms with E-state index in [2.05, 4.69) is 10.2 Å². The Morgan fingerprint density at radius 2 is 2.19 bits per heavy atom. The highest BCUT2D eigenvalue weighted by molar-refractivity contribution is 5.66. The van der Waals surface area contributed by atoms with Gasteiger partial charge in [-0.3, -0.25) is 10.1 Å². The number of piperidine rings is 1. The number of hydrogen-bond donors (Lipinski definition) is 1. The van der Waals surface area contributed by atoms with E-state index in [1.54, 1.807) is 0 Å². The quantitative estimate of drug-likeness (QED) is 0.686. The summed E-state index contributed by atoms with van der Waals surface area (Å²) in [6.45, 7) is 4.79. The Bertz CT molecular complexity index is 526. The Labute approximate surface area is 125 Å². The molecule has 1 aromatic rings. The van der Waals surface area contributed by atoms with E-state index in [-0.39, 0.29) is 10.6 Å². The zero-order valence-electron chi connectivity index (χ0n) is 12.5. The van der Waals surface area contributed by atoms with E-state index in [0.717, 1.165) is 37.3 Å². The lowest BCUT2D eigenvalue weighted by Gasteiger charge is -2.37. The van der Waals surface area contributed by atoms with Crippen molar-refractivity contribution in [3.63, 3.8) is 0 Å². The van der Waals surface area contributed by atoms with E-state index in [4.69, 9.17) is 0 Å². The van der Waals surface area contributed by atoms with E-state index in [9.17, 15) is 10.1 Å². The molecule has 2 saturated heterocycles. The molecular weight excluding hydrogens is 266 g/mol. The molecule has 0 aliphatic carbocycles. The molecule has 2 fully saturated rings. The van der Waals surface area contributed by atoms with E-state index < -0.39 is 0 Å². The summed E-state index contributed by atoms with van der Waals surface area (Å²) in [5.41, 5.74) is 1.82. The minimum atomic E-state index is -0.234. The average molecular weight is 289 g/mol. The van der Waals surface area contributed by atoms with Gasteiger partial charge < -0.3 is 10.2 Å². The van der Waals surface area contributed by atoms with Crippen LogP contribution in [0.4, 0.5) is 11.4 Å². The van der Waals surface area contributed by atoms with Crippen molar-refractivity contribution in [1.82, 2.24) is 5.32 Å². The van der Waals surface area contributed by atoms with Crippen LogP contribution in [0.15, 0.2) is 18.2 Å². The summed E-state index contributed by atoms with van der Waals surface area (Å²) in [6.07, 6.45) is 4.85. The molecule has 2 atom stereocenters. The van der Waals surface area contributed by atoms with E-state index >= 15 is 0 Å². The van der Waals surface area contributed by atoms with Gasteiger partial charge in [-0.15, -0.1) is 0 Å². The standard InChI is InChI=1S/C16H23N3O2/c1-12-5-2-8-15(16(12)19(20)21)18-10-4-6-13(11-18)14-7-3-9-17-14/h2,5,8,13-14,17H,3-4,6-7,9-11H2,1H3. The fourth-order valence-electron chi connectivity index (χ4n) is 3.81. The minimum Gasteiger partial charge on any atom is -0.366 e. The summed E-state index contributed by atoms with van der Waals surface area (Å²) in [6, 6.07) is 6.24. The Kier molecular flexibility index (Phi) is 4.10. The molecule has 0 amide bonds. The molecule has 1 N–H and O–H groups in total. The number of anilines is 1. The summed E-state index contributed by atoms with van der Waals surface area (Å²) >= 11 is 0. The van der Waals surface area contributed by atoms with Gasteiger partial charge in [-0.1, -0.05) is 12.1 Å². The fourth-order valence-corrected chi connectivity index (χ4v) is 3.81. The molecule has 1 aromatic carbocycles. The summed E-state index contributed by atoms with van der Waals surface area (Å²) in [4.78, 5) is 13.4. The molecule has 2 unspecified atom stereocenters. The third-order valence-electron chi connectivity index (χ3n) is 4.87. The Morgan fingerprint density at radius 1 is 1.33 bits per heavy atom. The first kappa shape index (κ1) is 14.3. The zero-order valence-corrected chi connectivity index (χ0v) is 12.5. The lowest BCUT2D eigenvalue weighted by molar-refractivity contribution is -0.384. The van der Waals surface area contributed by atoms with Crippen LogP contribution in [0.25, 0.3) is 0 Å². The number of nitrogens with one attached hydrogen (secondary N) is 1. The number of hydrogen-bond acceptors (Lipinski definition) is 4. The maximum absolute atomic E-state index is 11.4. The molecule has 5 heteroatoms. The summed E-state index contributed by atoms with van der Waals surface area (Å²) < 4.78 is 0. The van der Waals surface area contributed by atoms with Crippen LogP contribution in [0.5, 0.6) is 0 Å². The molecule has 0 bridgehead atoms. The topological polar surface area (TPSA) is 58.4 Å². The second-order valence-electron chi connectivity index (χ2n) is 6.25. The highest BCUT2D eigenvalue weighted by Gasteiger charge is 2.31. The van der Waals surface area contributed by atoms with E-state index in [0.29, 0.717) is 12.0 Å². The van der Waals surface area contributed by atoms with Crippen LogP contribution >= 0.6 is 0 Å². The van der Waals surface area contributed by atoms with Crippen molar-refractivity contribution < 1.29 is 4.92 Å². The summed E-state index contributed by atoms with van der Waals surface area (Å²) in [5.74, 6) is 0.612. The highest BCUT2D eigenvalue weighted by Crippen LogP contribution is 2.35. The number of rotatable bonds is 3. The molecular formula is C16H23N3O2. The normalized spacial score (nSPS) is 26.0. The van der Waals surface area contributed by atoms with Gasteiger partial charge in [-0.25, -0.2) is 0 Å². The van der Waals surface area contributed by atoms with Gasteiger partial charge in [-0.05, 0) is 51.1 Å². The third kappa shape index (κ3) is 2.88. The minimum absolute atomic E-state index is 0.234. The van der Waals surface area contributed by atoms with E-state index in [1.165, 1.54) is 19.3 Å². The Morgan fingerprint density at radius 3 is 2.90 bits per heavy atom. The predicted octanol–water partition coefficient (Wildman–Crippen LogP) is 2.87. The smallest absolute Gasteiger partial charge is 0.295 e. The second kappa shape index (κ2) is 6.02. The predicted molar refractivity (Wildman–Crippen MR) is 83.8 cm³/mol. The first-order chi connectivity index (χ1) is 10.2. The number of benzene rings is 1. The van der Waals surface area contributed by atoms with Gasteiger partial charge in [0.2, 0.25) is 0 Å². The number of para-hydroxylation sites is 1. The first-order valence-electron chi connectivity index (χ1n) is 7.89. The molecule has 5 nitrogen and oxygen atoms in total. The summed E-state index contributed by atoms with van der Waals surface area (Å²) in [7, 11) is 0. The van der Waals surface area contributed by atoms with E-state index in [1.807, 2.05) is 25.1 Å². The number of aryl methyl sites for hydroxylation is 1. The lowest BCUT2D eigenvalue weighted by Crippen LogP contribution is -2.43. The third-order valence-corrected chi connectivity index (χ3v) is 4.87. The number of nitro groups is 1. The molecule has 21 heavy (non-hydrogen) atoms. The maximum atomic E-state index is 11.4. The lowest BCUT2D eigenvalue weighted by atomic mass is 9.89. The van der Waals surface area contributed by atoms with Crippen LogP contribution in [0.3, 0.4) is 0 Å². The number of nitrogens with zero attached hydrogens (tertiary/aromatic N) is 2. The summed E-state index contributed by atoms with van der Waals surface area (Å²) in [5, 5.41) is 15.0. The molecule has 114 valence electrons. The van der Waals surface area contributed by atoms with Gasteiger partial charge in [0.1, 0.15) is 5.69 Å². The second-order valence-corrected chi connectivity index (χ2v) is 6.25. The molecule has 0 saturated carbocycles. The maximum Gasteiger partial charge on any atom is 0.295 e. The van der Waals surface area contributed by atoms with Crippen molar-refractivity contribution in [3.8, 4) is 0 Å². The van der Waals surface area contributed by atoms with Crippen LogP contribution in [0, 0.1) is 23.0 Å². The largest absolute Gasteiger partial charge is 0.366 e. The molecule has 0 spiro atoms. The van der Waals surface area contributed by atoms with Gasteiger partial charge >= 0.3 is 0 Å². The van der Waals surface area contributed by atoms with Crippen LogP contribution in [0.2, 0.25) is 0 Å². The monoisotopic (exact) mass is 289 g/mol. The zero-order chi connectivity index (χ0) is 14.8. The molecule has 2 aliphatic rings. The van der Waals surface area contributed by atoms with Crippen molar-refractivity contribution >= 4 is 11.4 Å².